The number of carbonyl (C=O) groups excluding carboxylic acids is 3. The zero-order valence-electron chi connectivity index (χ0n) is 24.4. The second kappa shape index (κ2) is 13.1. The van der Waals surface area contributed by atoms with Gasteiger partial charge in [0.25, 0.3) is 0 Å². The lowest BCUT2D eigenvalue weighted by atomic mass is 9.73. The highest BCUT2D eigenvalue weighted by molar-refractivity contribution is 5.91. The predicted octanol–water partition coefficient (Wildman–Crippen LogP) is 3.53. The molecule has 0 aromatic heterocycles. The first-order valence-corrected chi connectivity index (χ1v) is 14.6. The van der Waals surface area contributed by atoms with Crippen molar-refractivity contribution in [2.45, 2.75) is 82.4 Å². The monoisotopic (exact) mass is 566 g/mol. The van der Waals surface area contributed by atoms with Gasteiger partial charge in [-0.25, -0.2) is 4.39 Å². The number of nitrogens with one attached hydrogen (secondary N) is 2. The summed E-state index contributed by atoms with van der Waals surface area (Å²) >= 11 is 0. The molecule has 2 atom stereocenters. The molecule has 1 unspecified atom stereocenters. The van der Waals surface area contributed by atoms with E-state index in [2.05, 4.69) is 10.6 Å². The van der Waals surface area contributed by atoms with Gasteiger partial charge in [-0.3, -0.25) is 14.4 Å². The number of nitrogens with zero attached hydrogens (tertiary/aromatic N) is 1. The van der Waals surface area contributed by atoms with Crippen LogP contribution in [0.25, 0.3) is 0 Å². The smallest absolute Gasteiger partial charge is 0.247 e. The Morgan fingerprint density at radius 2 is 1.85 bits per heavy atom. The maximum absolute atomic E-state index is 14.4. The molecule has 0 radical (unpaired) electrons. The van der Waals surface area contributed by atoms with Gasteiger partial charge in [0, 0.05) is 26.1 Å². The average Bonchev–Trinajstić information content (AvgIpc) is 3.23. The molecule has 4 rings (SSSR count). The van der Waals surface area contributed by atoms with Crippen molar-refractivity contribution in [2.24, 2.45) is 5.73 Å². The van der Waals surface area contributed by atoms with Gasteiger partial charge in [0.05, 0.1) is 18.8 Å². The molecule has 222 valence electrons. The molecule has 1 saturated heterocycles. The molecule has 41 heavy (non-hydrogen) atoms. The van der Waals surface area contributed by atoms with E-state index >= 15 is 0 Å². The minimum atomic E-state index is -1.15. The first-order chi connectivity index (χ1) is 19.5. The van der Waals surface area contributed by atoms with E-state index < -0.39 is 17.5 Å². The summed E-state index contributed by atoms with van der Waals surface area (Å²) in [6.07, 6.45) is 3.32. The van der Waals surface area contributed by atoms with Gasteiger partial charge in [0.2, 0.25) is 17.7 Å². The highest BCUT2D eigenvalue weighted by Crippen LogP contribution is 2.53. The molecule has 0 bridgehead atoms. The summed E-state index contributed by atoms with van der Waals surface area (Å²) in [7, 11) is 0. The lowest BCUT2D eigenvalue weighted by Crippen LogP contribution is -2.59. The maximum atomic E-state index is 14.4. The van der Waals surface area contributed by atoms with Crippen LogP contribution in [-0.2, 0) is 31.1 Å². The van der Waals surface area contributed by atoms with Crippen LogP contribution in [0.3, 0.4) is 0 Å². The Kier molecular flexibility index (Phi) is 9.81. The minimum absolute atomic E-state index is 0.0210. The fourth-order valence-corrected chi connectivity index (χ4v) is 6.12. The van der Waals surface area contributed by atoms with Gasteiger partial charge in [0.1, 0.15) is 11.9 Å². The summed E-state index contributed by atoms with van der Waals surface area (Å²) in [6.45, 7) is 6.99. The van der Waals surface area contributed by atoms with Gasteiger partial charge in [-0.05, 0) is 86.6 Å². The number of benzene rings is 2. The van der Waals surface area contributed by atoms with E-state index in [0.29, 0.717) is 51.9 Å². The van der Waals surface area contributed by atoms with Crippen molar-refractivity contribution in [3.05, 3.63) is 71.0 Å². The van der Waals surface area contributed by atoms with E-state index in [9.17, 15) is 18.8 Å². The van der Waals surface area contributed by atoms with Crippen molar-refractivity contribution in [1.29, 1.82) is 0 Å². The first kappa shape index (κ1) is 30.7. The Balaban J connectivity index is 1.44. The van der Waals surface area contributed by atoms with Crippen molar-refractivity contribution < 1.29 is 23.5 Å². The Bertz CT molecular complexity index is 1220. The van der Waals surface area contributed by atoms with Crippen LogP contribution in [0.2, 0.25) is 0 Å². The van der Waals surface area contributed by atoms with Gasteiger partial charge < -0.3 is 26.0 Å². The molecule has 2 aliphatic rings. The van der Waals surface area contributed by atoms with Crippen LogP contribution < -0.4 is 16.4 Å². The van der Waals surface area contributed by atoms with E-state index in [1.165, 1.54) is 6.07 Å². The molecule has 3 amide bonds. The molecule has 2 aromatic rings. The average molecular weight is 567 g/mol. The van der Waals surface area contributed by atoms with Crippen LogP contribution in [0.1, 0.15) is 75.5 Å². The molecule has 8 nitrogen and oxygen atoms in total. The van der Waals surface area contributed by atoms with E-state index in [1.807, 2.05) is 43.3 Å². The number of piperidine rings is 1. The van der Waals surface area contributed by atoms with Crippen LogP contribution in [0.5, 0.6) is 0 Å². The summed E-state index contributed by atoms with van der Waals surface area (Å²) < 4.78 is 20.3. The third kappa shape index (κ3) is 7.51. The molecule has 1 fully saturated rings. The van der Waals surface area contributed by atoms with Crippen molar-refractivity contribution in [1.82, 2.24) is 15.5 Å². The topological polar surface area (TPSA) is 114 Å². The van der Waals surface area contributed by atoms with E-state index in [1.54, 1.807) is 24.8 Å². The van der Waals surface area contributed by atoms with Crippen molar-refractivity contribution in [3.63, 3.8) is 0 Å². The lowest BCUT2D eigenvalue weighted by Gasteiger charge is -2.41. The highest BCUT2D eigenvalue weighted by Gasteiger charge is 2.46. The third-order valence-corrected chi connectivity index (χ3v) is 8.37. The molecule has 1 heterocycles. The SMILES string of the molecule is CCNC(=O)CCC1CC2(CCN(C(=O)[C@@H](COCc3ccccc3)NC(=O)C(C)(C)N)CC2)c2cc(F)ccc21. The summed E-state index contributed by atoms with van der Waals surface area (Å²) in [5.41, 5.74) is 7.69. The molecule has 1 spiro atoms. The number of hydrogen-bond acceptors (Lipinski definition) is 5. The number of hydrogen-bond donors (Lipinski definition) is 3. The summed E-state index contributed by atoms with van der Waals surface area (Å²) in [6, 6.07) is 13.8. The van der Waals surface area contributed by atoms with Crippen LogP contribution in [0.4, 0.5) is 4.39 Å². The number of halogens is 1. The number of likely N-dealkylation sites (tertiary alicyclic amines) is 1. The predicted molar refractivity (Wildman–Crippen MR) is 155 cm³/mol. The second-order valence-electron chi connectivity index (χ2n) is 12.0. The van der Waals surface area contributed by atoms with Crippen LogP contribution in [0.15, 0.2) is 48.5 Å². The largest absolute Gasteiger partial charge is 0.374 e. The molecule has 9 heteroatoms. The lowest BCUT2D eigenvalue weighted by molar-refractivity contribution is -0.140. The number of rotatable bonds is 11. The summed E-state index contributed by atoms with van der Waals surface area (Å²) in [5.74, 6) is -0.714. The number of nitrogens with two attached hydrogens (primary N) is 1. The molecule has 1 aliphatic carbocycles. The number of amides is 3. The third-order valence-electron chi connectivity index (χ3n) is 8.37. The summed E-state index contributed by atoms with van der Waals surface area (Å²) in [5, 5.41) is 5.66. The Labute approximate surface area is 242 Å². The highest BCUT2D eigenvalue weighted by atomic mass is 19.1. The van der Waals surface area contributed by atoms with Crippen LogP contribution in [0, 0.1) is 5.82 Å². The quantitative estimate of drug-likeness (QED) is 0.385. The Morgan fingerprint density at radius 3 is 2.51 bits per heavy atom. The normalized spacial score (nSPS) is 18.6. The molecule has 1 aliphatic heterocycles. The van der Waals surface area contributed by atoms with Gasteiger partial charge in [0.15, 0.2) is 0 Å². The molecular weight excluding hydrogens is 523 g/mol. The Hall–Kier alpha value is -3.30. The van der Waals surface area contributed by atoms with E-state index in [-0.39, 0.29) is 35.6 Å². The van der Waals surface area contributed by atoms with Crippen molar-refractivity contribution in [2.75, 3.05) is 26.2 Å². The van der Waals surface area contributed by atoms with Gasteiger partial charge in [-0.15, -0.1) is 0 Å². The number of carbonyl (C=O) groups is 3. The van der Waals surface area contributed by atoms with Crippen molar-refractivity contribution >= 4 is 17.7 Å². The first-order valence-electron chi connectivity index (χ1n) is 14.6. The number of ether oxygens (including phenoxy) is 1. The fraction of sp³-hybridized carbons (Fsp3) is 0.531. The molecule has 4 N–H and O–H groups in total. The van der Waals surface area contributed by atoms with E-state index in [0.717, 1.165) is 23.1 Å². The fourth-order valence-electron chi connectivity index (χ4n) is 6.12. The Morgan fingerprint density at radius 1 is 1.15 bits per heavy atom. The van der Waals surface area contributed by atoms with Crippen molar-refractivity contribution in [3.8, 4) is 0 Å². The minimum Gasteiger partial charge on any atom is -0.374 e. The van der Waals surface area contributed by atoms with Crippen LogP contribution in [-0.4, -0.2) is 60.4 Å². The van der Waals surface area contributed by atoms with Gasteiger partial charge in [-0.2, -0.15) is 0 Å². The number of fused-ring (bicyclic) bond motifs is 2. The van der Waals surface area contributed by atoms with Gasteiger partial charge in [-0.1, -0.05) is 36.4 Å². The zero-order chi connectivity index (χ0) is 29.6. The second-order valence-corrected chi connectivity index (χ2v) is 12.0. The molecule has 2 aromatic carbocycles. The zero-order valence-corrected chi connectivity index (χ0v) is 24.4. The molecule has 0 saturated carbocycles. The summed E-state index contributed by atoms with van der Waals surface area (Å²) in [4.78, 5) is 40.3. The van der Waals surface area contributed by atoms with Gasteiger partial charge >= 0.3 is 0 Å². The van der Waals surface area contributed by atoms with E-state index in [4.69, 9.17) is 10.5 Å². The molecular formula is C32H43FN4O4. The maximum Gasteiger partial charge on any atom is 0.247 e. The van der Waals surface area contributed by atoms with Crippen LogP contribution >= 0.6 is 0 Å². The standard InChI is InChI=1S/C32H43FN4O4/c1-4-35-28(38)13-10-23-19-32(26-18-24(33)11-12-25(23)26)14-16-37(17-15-32)29(39)27(36-30(40)31(2,3)34)21-41-20-22-8-6-5-7-9-22/h5-9,11-12,18,23,27H,4,10,13-17,19-21,34H2,1-3H3,(H,35,38)(H,36,40)/t23?,27-/m1/s1.